The topological polar surface area (TPSA) is 52.6 Å². The maximum Gasteiger partial charge on any atom is 0.193 e. The molecule has 0 unspecified atom stereocenters. The second kappa shape index (κ2) is 14.3. The van der Waals surface area contributed by atoms with Crippen LogP contribution in [0.1, 0.15) is 117 Å². The van der Waals surface area contributed by atoms with E-state index in [2.05, 4.69) is 79.7 Å². The fraction of sp³-hybridized carbons (Fsp3) is 0.289. The van der Waals surface area contributed by atoms with Crippen molar-refractivity contribution < 1.29 is 19.1 Å². The third-order valence-corrected chi connectivity index (χ3v) is 9.95. The highest BCUT2D eigenvalue weighted by molar-refractivity contribution is 6.13. The summed E-state index contributed by atoms with van der Waals surface area (Å²) in [7, 11) is 0. The van der Waals surface area contributed by atoms with Crippen LogP contribution in [0.4, 0.5) is 0 Å². The van der Waals surface area contributed by atoms with E-state index in [9.17, 15) is 9.59 Å². The van der Waals surface area contributed by atoms with Crippen LogP contribution >= 0.6 is 0 Å². The number of benzene rings is 5. The van der Waals surface area contributed by atoms with Crippen molar-refractivity contribution in [3.05, 3.63) is 160 Å². The van der Waals surface area contributed by atoms with E-state index in [0.717, 1.165) is 18.6 Å². The highest BCUT2D eigenvalue weighted by Crippen LogP contribution is 2.35. The molecule has 49 heavy (non-hydrogen) atoms. The van der Waals surface area contributed by atoms with Gasteiger partial charge in [-0.2, -0.15) is 0 Å². The lowest BCUT2D eigenvalue weighted by atomic mass is 9.78. The Hall–Kier alpha value is -4.96. The third kappa shape index (κ3) is 8.20. The predicted molar refractivity (Wildman–Crippen MR) is 200 cm³/mol. The van der Waals surface area contributed by atoms with Crippen molar-refractivity contribution in [1.82, 2.24) is 0 Å². The maximum atomic E-state index is 13.4. The van der Waals surface area contributed by atoms with Crippen LogP contribution in [-0.4, -0.2) is 17.2 Å². The van der Waals surface area contributed by atoms with E-state index in [1.165, 1.54) is 16.7 Å². The molecule has 5 aromatic carbocycles. The molecule has 0 saturated carbocycles. The maximum absolute atomic E-state index is 13.4. The van der Waals surface area contributed by atoms with Gasteiger partial charge in [-0.25, -0.2) is 0 Å². The lowest BCUT2D eigenvalue weighted by molar-refractivity contribution is 0.103. The lowest BCUT2D eigenvalue weighted by Crippen LogP contribution is -2.26. The predicted octanol–water partition coefficient (Wildman–Crippen LogP) is 11.5. The van der Waals surface area contributed by atoms with Gasteiger partial charge >= 0.3 is 0 Å². The van der Waals surface area contributed by atoms with E-state index in [0.29, 0.717) is 33.8 Å². The fourth-order valence-electron chi connectivity index (χ4n) is 5.66. The molecule has 0 saturated heterocycles. The summed E-state index contributed by atoms with van der Waals surface area (Å²) in [4.78, 5) is 26.7. The first-order valence-electron chi connectivity index (χ1n) is 17.2. The molecule has 252 valence electrons. The van der Waals surface area contributed by atoms with E-state index in [4.69, 9.17) is 9.47 Å². The van der Waals surface area contributed by atoms with Gasteiger partial charge in [-0.05, 0) is 103 Å². The molecule has 0 N–H and O–H groups in total. The summed E-state index contributed by atoms with van der Waals surface area (Å²) in [6, 6.07) is 38.3. The van der Waals surface area contributed by atoms with Crippen LogP contribution < -0.4 is 9.47 Å². The molecule has 5 aromatic rings. The van der Waals surface area contributed by atoms with E-state index in [1.807, 2.05) is 48.5 Å². The van der Waals surface area contributed by atoms with Crippen molar-refractivity contribution in [2.45, 2.75) is 84.7 Å². The average Bonchev–Trinajstić information content (AvgIpc) is 3.12. The molecule has 0 aliphatic heterocycles. The van der Waals surface area contributed by atoms with Crippen LogP contribution in [-0.2, 0) is 10.8 Å². The van der Waals surface area contributed by atoms with Crippen molar-refractivity contribution >= 4 is 11.6 Å². The Morgan fingerprint density at radius 3 is 1.35 bits per heavy atom. The van der Waals surface area contributed by atoms with Gasteiger partial charge < -0.3 is 9.47 Å². The van der Waals surface area contributed by atoms with Gasteiger partial charge in [0.05, 0.1) is 0 Å². The quantitative estimate of drug-likeness (QED) is 0.119. The molecule has 4 nitrogen and oxygen atoms in total. The molecule has 0 atom stereocenters. The first-order valence-corrected chi connectivity index (χ1v) is 17.2. The summed E-state index contributed by atoms with van der Waals surface area (Å²) in [6.45, 7) is 17.3. The molecule has 0 heterocycles. The summed E-state index contributed by atoms with van der Waals surface area (Å²) in [5.41, 5.74) is 5.29. The van der Waals surface area contributed by atoms with Crippen molar-refractivity contribution in [2.75, 3.05) is 0 Å². The molecule has 0 fully saturated rings. The minimum Gasteiger partial charge on any atom is -0.488 e. The normalized spacial score (nSPS) is 12.0. The number of carbonyl (C=O) groups is 2. The molecular formula is C45H48O4. The van der Waals surface area contributed by atoms with Gasteiger partial charge in [-0.15, -0.1) is 0 Å². The third-order valence-electron chi connectivity index (χ3n) is 9.95. The summed E-state index contributed by atoms with van der Waals surface area (Å²) >= 11 is 0. The number of ether oxygens (including phenoxy) is 2. The Kier molecular flexibility index (Phi) is 10.3. The van der Waals surface area contributed by atoms with Gasteiger partial charge in [0.15, 0.2) is 11.6 Å². The molecule has 5 rings (SSSR count). The van der Waals surface area contributed by atoms with E-state index >= 15 is 0 Å². The zero-order valence-corrected chi connectivity index (χ0v) is 30.1. The first kappa shape index (κ1) is 35.3. The molecular weight excluding hydrogens is 604 g/mol. The van der Waals surface area contributed by atoms with Crippen LogP contribution in [0.3, 0.4) is 0 Å². The summed E-state index contributed by atoms with van der Waals surface area (Å²) in [5.74, 6) is 1.96. The summed E-state index contributed by atoms with van der Waals surface area (Å²) in [6.07, 6.45) is 1.94. The lowest BCUT2D eigenvalue weighted by Gasteiger charge is -2.28. The molecule has 0 bridgehead atoms. The largest absolute Gasteiger partial charge is 0.488 e. The van der Waals surface area contributed by atoms with Crippen molar-refractivity contribution in [2.24, 2.45) is 0 Å². The first-order chi connectivity index (χ1) is 23.2. The van der Waals surface area contributed by atoms with E-state index in [1.54, 1.807) is 48.5 Å². The van der Waals surface area contributed by atoms with Gasteiger partial charge in [0.1, 0.15) is 22.8 Å². The Labute approximate surface area is 292 Å². The summed E-state index contributed by atoms with van der Waals surface area (Å²) in [5, 5.41) is 0. The minimum atomic E-state index is -0.211. The van der Waals surface area contributed by atoms with Gasteiger partial charge in [0.25, 0.3) is 0 Å². The van der Waals surface area contributed by atoms with Crippen molar-refractivity contribution in [3.8, 4) is 17.2 Å². The zero-order valence-electron chi connectivity index (χ0n) is 30.1. The van der Waals surface area contributed by atoms with Gasteiger partial charge in [0, 0.05) is 27.7 Å². The van der Waals surface area contributed by atoms with Crippen LogP contribution in [0.15, 0.2) is 121 Å². The van der Waals surface area contributed by atoms with E-state index < -0.39 is 0 Å². The zero-order chi connectivity index (χ0) is 35.4. The fourth-order valence-corrected chi connectivity index (χ4v) is 5.66. The van der Waals surface area contributed by atoms with E-state index in [-0.39, 0.29) is 28.0 Å². The average molecular weight is 653 g/mol. The number of rotatable bonds is 13. The van der Waals surface area contributed by atoms with Crippen molar-refractivity contribution in [1.29, 1.82) is 0 Å². The highest BCUT2D eigenvalue weighted by Gasteiger charge is 2.24. The standard InChI is InChI=1S/C45H48O4/c1-9-43(3,4)35-18-14-31(15-19-35)41(46)33-12-11-13-34(30-33)42(47)32-16-24-38(25-17-32)48-39-26-20-36(21-27-39)45(7,8)37-22-28-40(29-23-37)49-44(5,6)10-2/h11-30H,9-10H2,1-8H3. The van der Waals surface area contributed by atoms with Gasteiger partial charge in [0.2, 0.25) is 0 Å². The number of hydrogen-bond donors (Lipinski definition) is 0. The SMILES string of the molecule is CCC(C)(C)Oc1ccc(C(C)(C)c2ccc(Oc3ccc(C(=O)c4cccc(C(=O)c5ccc(C(C)(C)CC)cc5)c4)cc3)cc2)cc1. The molecule has 0 aromatic heterocycles. The molecule has 0 spiro atoms. The second-order valence-electron chi connectivity index (χ2n) is 14.6. The Morgan fingerprint density at radius 1 is 0.490 bits per heavy atom. The molecule has 0 aliphatic carbocycles. The molecule has 0 aliphatic rings. The van der Waals surface area contributed by atoms with Crippen LogP contribution in [0.25, 0.3) is 0 Å². The molecule has 4 heteroatoms. The van der Waals surface area contributed by atoms with Gasteiger partial charge in [-0.3, -0.25) is 9.59 Å². The van der Waals surface area contributed by atoms with Crippen LogP contribution in [0.5, 0.6) is 17.2 Å². The Balaban J connectivity index is 1.23. The molecule has 0 radical (unpaired) electrons. The highest BCUT2D eigenvalue weighted by atomic mass is 16.5. The number of carbonyl (C=O) groups excluding carboxylic acids is 2. The number of ketones is 2. The minimum absolute atomic E-state index is 0.0480. The number of hydrogen-bond acceptors (Lipinski definition) is 4. The molecule has 0 amide bonds. The van der Waals surface area contributed by atoms with Gasteiger partial charge in [-0.1, -0.05) is 108 Å². The monoisotopic (exact) mass is 652 g/mol. The Morgan fingerprint density at radius 2 is 0.898 bits per heavy atom. The second-order valence-corrected chi connectivity index (χ2v) is 14.6. The Bertz CT molecular complexity index is 1890. The summed E-state index contributed by atoms with van der Waals surface area (Å²) < 4.78 is 12.3. The smallest absolute Gasteiger partial charge is 0.193 e. The van der Waals surface area contributed by atoms with Crippen LogP contribution in [0, 0.1) is 0 Å². The van der Waals surface area contributed by atoms with Crippen LogP contribution in [0.2, 0.25) is 0 Å². The van der Waals surface area contributed by atoms with Crippen molar-refractivity contribution in [3.63, 3.8) is 0 Å².